The number of aryl methyl sites for hydroxylation is 1. The number of non-ortho nitro benzene ring substituents is 1. The van der Waals surface area contributed by atoms with Crippen LogP contribution >= 0.6 is 15.9 Å². The molecule has 0 unspecified atom stereocenters. The number of rotatable bonds is 3. The van der Waals surface area contributed by atoms with E-state index in [0.717, 1.165) is 12.1 Å². The maximum absolute atomic E-state index is 13.6. The average molecular weight is 328 g/mol. The Morgan fingerprint density at radius 3 is 2.68 bits per heavy atom. The lowest BCUT2D eigenvalue weighted by Crippen LogP contribution is -1.96. The predicted molar refractivity (Wildman–Crippen MR) is 67.6 cm³/mol. The molecule has 0 spiro atoms. The molecule has 0 aliphatic carbocycles. The number of ether oxygens (including phenoxy) is 1. The minimum atomic E-state index is -0.832. The Bertz CT molecular complexity index is 631. The number of benzene rings is 1. The monoisotopic (exact) mass is 327 g/mol. The summed E-state index contributed by atoms with van der Waals surface area (Å²) in [7, 11) is 0. The van der Waals surface area contributed by atoms with Crippen LogP contribution in [0.5, 0.6) is 11.6 Å². The zero-order valence-corrected chi connectivity index (χ0v) is 11.2. The minimum absolute atomic E-state index is 0.143. The van der Waals surface area contributed by atoms with E-state index < -0.39 is 10.7 Å². The molecule has 0 aliphatic heterocycles. The molecule has 1 aromatic heterocycles. The van der Waals surface area contributed by atoms with Crippen LogP contribution in [0.2, 0.25) is 0 Å². The molecule has 1 aromatic carbocycles. The molecule has 2 rings (SSSR count). The highest BCUT2D eigenvalue weighted by Crippen LogP contribution is 2.27. The third kappa shape index (κ3) is 3.22. The largest absolute Gasteiger partial charge is 0.436 e. The molecule has 8 heteroatoms. The molecule has 0 bridgehead atoms. The van der Waals surface area contributed by atoms with E-state index in [1.165, 1.54) is 12.1 Å². The SMILES string of the molecule is Cc1nc(Br)cc(Oc2ccc([N+](=O)[O-])cc2F)n1. The van der Waals surface area contributed by atoms with Crippen molar-refractivity contribution in [2.45, 2.75) is 6.92 Å². The van der Waals surface area contributed by atoms with Gasteiger partial charge in [-0.2, -0.15) is 4.98 Å². The van der Waals surface area contributed by atoms with E-state index in [2.05, 4.69) is 25.9 Å². The van der Waals surface area contributed by atoms with Crippen molar-refractivity contribution in [3.05, 3.63) is 50.6 Å². The van der Waals surface area contributed by atoms with Gasteiger partial charge in [0, 0.05) is 12.1 Å². The third-order valence-electron chi connectivity index (χ3n) is 2.12. The van der Waals surface area contributed by atoms with Gasteiger partial charge >= 0.3 is 0 Å². The highest BCUT2D eigenvalue weighted by molar-refractivity contribution is 9.10. The van der Waals surface area contributed by atoms with Crippen LogP contribution in [0.15, 0.2) is 28.9 Å². The number of halogens is 2. The second kappa shape index (κ2) is 5.27. The normalized spacial score (nSPS) is 10.3. The summed E-state index contributed by atoms with van der Waals surface area (Å²) < 4.78 is 19.3. The first-order chi connectivity index (χ1) is 8.95. The lowest BCUT2D eigenvalue weighted by Gasteiger charge is -2.06. The number of hydrogen-bond acceptors (Lipinski definition) is 5. The van der Waals surface area contributed by atoms with Crippen molar-refractivity contribution in [3.8, 4) is 11.6 Å². The molecule has 0 fully saturated rings. The first-order valence-electron chi connectivity index (χ1n) is 5.08. The van der Waals surface area contributed by atoms with Gasteiger partial charge in [-0.25, -0.2) is 9.37 Å². The quantitative estimate of drug-likeness (QED) is 0.490. The Balaban J connectivity index is 2.30. The van der Waals surface area contributed by atoms with Crippen LogP contribution in [-0.2, 0) is 0 Å². The smallest absolute Gasteiger partial charge is 0.272 e. The first kappa shape index (κ1) is 13.3. The molecule has 1 heterocycles. The van der Waals surface area contributed by atoms with Crippen LogP contribution in [0, 0.1) is 22.9 Å². The molecule has 98 valence electrons. The van der Waals surface area contributed by atoms with Crippen molar-refractivity contribution in [2.75, 3.05) is 0 Å². The van der Waals surface area contributed by atoms with Gasteiger partial charge in [0.2, 0.25) is 5.88 Å². The molecule has 0 saturated carbocycles. The molecule has 0 saturated heterocycles. The number of hydrogen-bond donors (Lipinski definition) is 0. The standard InChI is InChI=1S/C11H7BrFN3O3/c1-6-14-10(12)5-11(15-6)19-9-3-2-7(16(17)18)4-8(9)13/h2-5H,1H3. The Hall–Kier alpha value is -2.09. The van der Waals surface area contributed by atoms with E-state index in [1.807, 2.05) is 0 Å². The highest BCUT2D eigenvalue weighted by Gasteiger charge is 2.13. The third-order valence-corrected chi connectivity index (χ3v) is 2.53. The average Bonchev–Trinajstić information content (AvgIpc) is 2.30. The Kier molecular flexibility index (Phi) is 3.70. The highest BCUT2D eigenvalue weighted by atomic mass is 79.9. The lowest BCUT2D eigenvalue weighted by atomic mass is 10.3. The van der Waals surface area contributed by atoms with Gasteiger partial charge in [-0.1, -0.05) is 0 Å². The first-order valence-corrected chi connectivity index (χ1v) is 5.88. The predicted octanol–water partition coefficient (Wildman–Crippen LogP) is 3.39. The number of nitrogens with zero attached hydrogens (tertiary/aromatic N) is 3. The van der Waals surface area contributed by atoms with E-state index in [9.17, 15) is 14.5 Å². The zero-order valence-electron chi connectivity index (χ0n) is 9.63. The summed E-state index contributed by atoms with van der Waals surface area (Å²) in [6.45, 7) is 1.66. The van der Waals surface area contributed by atoms with Gasteiger partial charge in [0.15, 0.2) is 11.6 Å². The Morgan fingerprint density at radius 2 is 2.11 bits per heavy atom. The second-order valence-corrected chi connectivity index (χ2v) is 4.36. The van der Waals surface area contributed by atoms with E-state index in [-0.39, 0.29) is 17.3 Å². The lowest BCUT2D eigenvalue weighted by molar-refractivity contribution is -0.385. The summed E-state index contributed by atoms with van der Waals surface area (Å²) in [5.41, 5.74) is -0.343. The molecular formula is C11H7BrFN3O3. The molecule has 0 aliphatic rings. The van der Waals surface area contributed by atoms with Crippen LogP contribution in [0.1, 0.15) is 5.82 Å². The maximum atomic E-state index is 13.6. The van der Waals surface area contributed by atoms with E-state index in [0.29, 0.717) is 10.4 Å². The summed E-state index contributed by atoms with van der Waals surface area (Å²) in [5.74, 6) is -0.379. The molecule has 19 heavy (non-hydrogen) atoms. The van der Waals surface area contributed by atoms with Crippen molar-refractivity contribution < 1.29 is 14.1 Å². The van der Waals surface area contributed by atoms with Crippen LogP contribution in [0.4, 0.5) is 10.1 Å². The zero-order chi connectivity index (χ0) is 14.0. The van der Waals surface area contributed by atoms with Gasteiger partial charge < -0.3 is 4.74 Å². The second-order valence-electron chi connectivity index (χ2n) is 3.55. The summed E-state index contributed by atoms with van der Waals surface area (Å²) in [6, 6.07) is 4.59. The molecular weight excluding hydrogens is 321 g/mol. The Labute approximate surface area is 115 Å². The maximum Gasteiger partial charge on any atom is 0.272 e. The van der Waals surface area contributed by atoms with Gasteiger partial charge in [0.05, 0.1) is 11.0 Å². The van der Waals surface area contributed by atoms with Crippen LogP contribution in [-0.4, -0.2) is 14.9 Å². The number of nitro groups is 1. The van der Waals surface area contributed by atoms with Gasteiger partial charge in [-0.3, -0.25) is 10.1 Å². The molecule has 0 amide bonds. The van der Waals surface area contributed by atoms with E-state index in [1.54, 1.807) is 6.92 Å². The fourth-order valence-corrected chi connectivity index (χ4v) is 1.81. The molecule has 2 aromatic rings. The topological polar surface area (TPSA) is 78.2 Å². The summed E-state index contributed by atoms with van der Waals surface area (Å²) >= 11 is 3.16. The fourth-order valence-electron chi connectivity index (χ4n) is 1.36. The van der Waals surface area contributed by atoms with Gasteiger partial charge in [0.25, 0.3) is 5.69 Å². The van der Waals surface area contributed by atoms with Crippen molar-refractivity contribution in [2.24, 2.45) is 0 Å². The van der Waals surface area contributed by atoms with Crippen LogP contribution in [0.3, 0.4) is 0 Å². The van der Waals surface area contributed by atoms with Gasteiger partial charge in [-0.05, 0) is 28.9 Å². The van der Waals surface area contributed by atoms with Crippen LogP contribution < -0.4 is 4.74 Å². The van der Waals surface area contributed by atoms with Crippen molar-refractivity contribution in [3.63, 3.8) is 0 Å². The van der Waals surface area contributed by atoms with Crippen LogP contribution in [0.25, 0.3) is 0 Å². The molecule has 0 atom stereocenters. The van der Waals surface area contributed by atoms with Crippen molar-refractivity contribution in [1.29, 1.82) is 0 Å². The van der Waals surface area contributed by atoms with Crippen molar-refractivity contribution >= 4 is 21.6 Å². The Morgan fingerprint density at radius 1 is 1.37 bits per heavy atom. The van der Waals surface area contributed by atoms with Crippen molar-refractivity contribution in [1.82, 2.24) is 9.97 Å². The summed E-state index contributed by atoms with van der Waals surface area (Å²) in [6.07, 6.45) is 0. The van der Waals surface area contributed by atoms with E-state index >= 15 is 0 Å². The minimum Gasteiger partial charge on any atom is -0.436 e. The number of nitro benzene ring substituents is 1. The molecule has 6 nitrogen and oxygen atoms in total. The molecule has 0 radical (unpaired) electrons. The summed E-state index contributed by atoms with van der Waals surface area (Å²) in [5, 5.41) is 10.5. The summed E-state index contributed by atoms with van der Waals surface area (Å²) in [4.78, 5) is 17.7. The van der Waals surface area contributed by atoms with E-state index in [4.69, 9.17) is 4.74 Å². The van der Waals surface area contributed by atoms with Gasteiger partial charge in [0.1, 0.15) is 10.4 Å². The fraction of sp³-hybridized carbons (Fsp3) is 0.0909. The van der Waals surface area contributed by atoms with Gasteiger partial charge in [-0.15, -0.1) is 0 Å². The number of aromatic nitrogens is 2. The molecule has 0 N–H and O–H groups in total.